The first kappa shape index (κ1) is 18.0. The van der Waals surface area contributed by atoms with Gasteiger partial charge in [0.1, 0.15) is 6.54 Å². The number of carboxylic acids is 1. The van der Waals surface area contributed by atoms with Crippen LogP contribution in [0.3, 0.4) is 0 Å². The van der Waals surface area contributed by atoms with E-state index in [1.807, 2.05) is 6.92 Å². The zero-order valence-corrected chi connectivity index (χ0v) is 13.6. The van der Waals surface area contributed by atoms with E-state index >= 15 is 0 Å². The van der Waals surface area contributed by atoms with Gasteiger partial charge in [-0.1, -0.05) is 18.6 Å². The topological polar surface area (TPSA) is 104 Å². The molecule has 0 radical (unpaired) electrons. The molecule has 7 nitrogen and oxygen atoms in total. The molecular formula is C14H20N2O5S. The molecule has 0 heterocycles. The number of benzene rings is 1. The highest BCUT2D eigenvalue weighted by molar-refractivity contribution is 7.92. The molecule has 0 saturated heterocycles. The van der Waals surface area contributed by atoms with Gasteiger partial charge in [0.05, 0.1) is 17.5 Å². The molecule has 1 amide bonds. The summed E-state index contributed by atoms with van der Waals surface area (Å²) in [4.78, 5) is 24.6. The van der Waals surface area contributed by atoms with Gasteiger partial charge in [-0.3, -0.25) is 14.3 Å². The van der Waals surface area contributed by atoms with Gasteiger partial charge in [-0.25, -0.2) is 8.42 Å². The maximum atomic E-state index is 12.6. The average Bonchev–Trinajstić information content (AvgIpc) is 2.37. The van der Waals surface area contributed by atoms with Crippen molar-refractivity contribution in [3.63, 3.8) is 0 Å². The normalized spacial score (nSPS) is 11.0. The van der Waals surface area contributed by atoms with Gasteiger partial charge < -0.3 is 10.0 Å². The number of nitrogens with one attached hydrogen (secondary N) is 1. The van der Waals surface area contributed by atoms with Crippen LogP contribution in [0.5, 0.6) is 0 Å². The number of carbonyl (C=O) groups is 2. The van der Waals surface area contributed by atoms with Gasteiger partial charge in [0.25, 0.3) is 5.91 Å². The van der Waals surface area contributed by atoms with Crippen molar-refractivity contribution in [3.8, 4) is 0 Å². The lowest BCUT2D eigenvalue weighted by Crippen LogP contribution is -2.36. The van der Waals surface area contributed by atoms with E-state index in [1.54, 1.807) is 19.1 Å². The predicted octanol–water partition coefficient (Wildman–Crippen LogP) is 1.30. The maximum absolute atomic E-state index is 12.6. The standard InChI is InChI=1S/C14H20N2O5S/c1-4-7-16(9-13(17)18)14(19)11-8-10(2)5-6-12(11)15-22(3,20)21/h5-6,8,15H,4,7,9H2,1-3H3,(H,17,18). The SMILES string of the molecule is CCCN(CC(=O)O)C(=O)c1cc(C)ccc1NS(C)(=O)=O. The van der Waals surface area contributed by atoms with E-state index in [-0.39, 0.29) is 17.8 Å². The third-order valence-corrected chi connectivity index (χ3v) is 3.40. The zero-order valence-electron chi connectivity index (χ0n) is 12.8. The second-order valence-corrected chi connectivity index (χ2v) is 6.79. The maximum Gasteiger partial charge on any atom is 0.323 e. The number of hydrogen-bond donors (Lipinski definition) is 2. The molecule has 0 saturated carbocycles. The summed E-state index contributed by atoms with van der Waals surface area (Å²) in [5, 5.41) is 8.91. The van der Waals surface area contributed by atoms with Crippen LogP contribution in [-0.2, 0) is 14.8 Å². The number of nitrogens with zero attached hydrogens (tertiary/aromatic N) is 1. The second-order valence-electron chi connectivity index (χ2n) is 5.04. The van der Waals surface area contributed by atoms with Gasteiger partial charge in [-0.15, -0.1) is 0 Å². The Hall–Kier alpha value is -2.09. The molecule has 0 aromatic heterocycles. The van der Waals surface area contributed by atoms with Gasteiger partial charge in [-0.2, -0.15) is 0 Å². The van der Waals surface area contributed by atoms with Gasteiger partial charge in [-0.05, 0) is 25.5 Å². The summed E-state index contributed by atoms with van der Waals surface area (Å²) in [6.07, 6.45) is 1.59. The van der Waals surface area contributed by atoms with Crippen LogP contribution in [0.15, 0.2) is 18.2 Å². The van der Waals surface area contributed by atoms with Crippen molar-refractivity contribution >= 4 is 27.6 Å². The summed E-state index contributed by atoms with van der Waals surface area (Å²) in [6.45, 7) is 3.44. The van der Waals surface area contributed by atoms with Crippen LogP contribution in [0.2, 0.25) is 0 Å². The Morgan fingerprint density at radius 2 is 1.95 bits per heavy atom. The fourth-order valence-electron chi connectivity index (χ4n) is 1.98. The van der Waals surface area contributed by atoms with Crippen LogP contribution >= 0.6 is 0 Å². The van der Waals surface area contributed by atoms with Crippen LogP contribution in [0.1, 0.15) is 29.3 Å². The number of carbonyl (C=O) groups excluding carboxylic acids is 1. The van der Waals surface area contributed by atoms with Crippen molar-refractivity contribution in [2.45, 2.75) is 20.3 Å². The van der Waals surface area contributed by atoms with E-state index in [4.69, 9.17) is 5.11 Å². The van der Waals surface area contributed by atoms with Crippen molar-refractivity contribution < 1.29 is 23.1 Å². The van der Waals surface area contributed by atoms with Crippen LogP contribution in [0.25, 0.3) is 0 Å². The van der Waals surface area contributed by atoms with Gasteiger partial charge in [0.2, 0.25) is 10.0 Å². The quantitative estimate of drug-likeness (QED) is 0.785. The number of rotatable bonds is 7. The van der Waals surface area contributed by atoms with Gasteiger partial charge in [0.15, 0.2) is 0 Å². The zero-order chi connectivity index (χ0) is 16.9. The molecule has 1 aromatic carbocycles. The Bertz CT molecular complexity index is 670. The lowest BCUT2D eigenvalue weighted by molar-refractivity contribution is -0.137. The average molecular weight is 328 g/mol. The molecule has 0 aliphatic rings. The van der Waals surface area contributed by atoms with E-state index in [9.17, 15) is 18.0 Å². The molecule has 0 unspecified atom stereocenters. The first-order valence-electron chi connectivity index (χ1n) is 6.73. The molecule has 8 heteroatoms. The Balaban J connectivity index is 3.23. The molecule has 0 aliphatic carbocycles. The van der Waals surface area contributed by atoms with E-state index in [2.05, 4.69) is 4.72 Å². The lowest BCUT2D eigenvalue weighted by atomic mass is 10.1. The minimum Gasteiger partial charge on any atom is -0.480 e. The van der Waals surface area contributed by atoms with E-state index in [1.165, 1.54) is 11.0 Å². The van der Waals surface area contributed by atoms with Crippen molar-refractivity contribution in [2.24, 2.45) is 0 Å². The number of sulfonamides is 1. The number of aryl methyl sites for hydroxylation is 1. The summed E-state index contributed by atoms with van der Waals surface area (Å²) in [7, 11) is -3.54. The van der Waals surface area contributed by atoms with Gasteiger partial charge in [0, 0.05) is 6.54 Å². The first-order valence-corrected chi connectivity index (χ1v) is 8.62. The number of carboxylic acid groups (broad SMARTS) is 1. The largest absolute Gasteiger partial charge is 0.480 e. The van der Waals surface area contributed by atoms with Crippen molar-refractivity contribution in [3.05, 3.63) is 29.3 Å². The third-order valence-electron chi connectivity index (χ3n) is 2.81. The van der Waals surface area contributed by atoms with Crippen molar-refractivity contribution in [1.82, 2.24) is 4.90 Å². The summed E-state index contributed by atoms with van der Waals surface area (Å²) >= 11 is 0. The summed E-state index contributed by atoms with van der Waals surface area (Å²) < 4.78 is 25.1. The fraction of sp³-hybridized carbons (Fsp3) is 0.429. The molecule has 0 atom stereocenters. The van der Waals surface area contributed by atoms with Crippen LogP contribution < -0.4 is 4.72 Å². The summed E-state index contributed by atoms with van der Waals surface area (Å²) in [5.41, 5.74) is 1.05. The molecule has 1 rings (SSSR count). The van der Waals surface area contributed by atoms with Crippen molar-refractivity contribution in [2.75, 3.05) is 24.1 Å². The Morgan fingerprint density at radius 1 is 1.32 bits per heavy atom. The summed E-state index contributed by atoms with van der Waals surface area (Å²) in [6, 6.07) is 4.71. The number of amides is 1. The summed E-state index contributed by atoms with van der Waals surface area (Å²) in [5.74, 6) is -1.63. The van der Waals surface area contributed by atoms with Crippen LogP contribution in [0, 0.1) is 6.92 Å². The minimum absolute atomic E-state index is 0.139. The Morgan fingerprint density at radius 3 is 2.45 bits per heavy atom. The third kappa shape index (κ3) is 5.36. The molecule has 122 valence electrons. The van der Waals surface area contributed by atoms with Crippen LogP contribution in [-0.4, -0.2) is 49.6 Å². The predicted molar refractivity (Wildman–Crippen MR) is 83.5 cm³/mol. The minimum atomic E-state index is -3.54. The highest BCUT2D eigenvalue weighted by Crippen LogP contribution is 2.20. The molecule has 0 aliphatic heterocycles. The second kappa shape index (κ2) is 7.26. The smallest absolute Gasteiger partial charge is 0.323 e. The van der Waals surface area contributed by atoms with E-state index < -0.39 is 28.4 Å². The Kier molecular flexibility index (Phi) is 5.92. The highest BCUT2D eigenvalue weighted by atomic mass is 32.2. The molecular weight excluding hydrogens is 308 g/mol. The molecule has 1 aromatic rings. The van der Waals surface area contributed by atoms with Crippen molar-refractivity contribution in [1.29, 1.82) is 0 Å². The monoisotopic (exact) mass is 328 g/mol. The number of anilines is 1. The van der Waals surface area contributed by atoms with E-state index in [0.717, 1.165) is 11.8 Å². The first-order chi connectivity index (χ1) is 10.1. The molecule has 0 fully saturated rings. The van der Waals surface area contributed by atoms with E-state index in [0.29, 0.717) is 6.42 Å². The number of aliphatic carboxylic acids is 1. The van der Waals surface area contributed by atoms with Crippen LogP contribution in [0.4, 0.5) is 5.69 Å². The highest BCUT2D eigenvalue weighted by Gasteiger charge is 2.21. The molecule has 0 spiro atoms. The molecule has 0 bridgehead atoms. The number of hydrogen-bond acceptors (Lipinski definition) is 4. The molecule has 22 heavy (non-hydrogen) atoms. The lowest BCUT2D eigenvalue weighted by Gasteiger charge is -2.22. The Labute approximate surface area is 130 Å². The fourth-order valence-corrected chi connectivity index (χ4v) is 2.56. The molecule has 2 N–H and O–H groups in total. The van der Waals surface area contributed by atoms with Gasteiger partial charge >= 0.3 is 5.97 Å².